The number of carbonyl (C=O) groups is 1. The van der Waals surface area contributed by atoms with E-state index in [2.05, 4.69) is 20.7 Å². The van der Waals surface area contributed by atoms with Crippen LogP contribution in [0.2, 0.25) is 0 Å². The Kier molecular flexibility index (Phi) is 9.57. The molecule has 39 heavy (non-hydrogen) atoms. The number of hydrogen-bond donors (Lipinski definition) is 2. The molecular weight excluding hydrogens is 560 g/mol. The van der Waals surface area contributed by atoms with E-state index in [1.165, 1.54) is 20.4 Å². The van der Waals surface area contributed by atoms with Gasteiger partial charge < -0.3 is 25.0 Å². The molecule has 1 aromatic carbocycles. The first-order valence-corrected chi connectivity index (χ1v) is 11.9. The Balaban J connectivity index is 0.00000210. The molecule has 2 unspecified atom stereocenters. The Morgan fingerprint density at radius 2 is 1.74 bits per heavy atom. The van der Waals surface area contributed by atoms with Gasteiger partial charge in [-0.25, -0.2) is 4.68 Å². The lowest BCUT2D eigenvalue weighted by molar-refractivity contribution is -0.173. The fourth-order valence-electron chi connectivity index (χ4n) is 4.74. The lowest BCUT2D eigenvalue weighted by Crippen LogP contribution is -2.46. The van der Waals surface area contributed by atoms with Crippen molar-refractivity contribution in [3.8, 4) is 22.8 Å². The van der Waals surface area contributed by atoms with Crippen LogP contribution in [-0.4, -0.2) is 72.1 Å². The van der Waals surface area contributed by atoms with Gasteiger partial charge in [-0.1, -0.05) is 6.07 Å². The van der Waals surface area contributed by atoms with Gasteiger partial charge in [-0.05, 0) is 29.8 Å². The predicted molar refractivity (Wildman–Crippen MR) is 144 cm³/mol. The van der Waals surface area contributed by atoms with Crippen LogP contribution in [0.1, 0.15) is 34.6 Å². The maximum absolute atomic E-state index is 14.2. The Morgan fingerprint density at radius 1 is 1.03 bits per heavy atom. The van der Waals surface area contributed by atoms with Gasteiger partial charge in [0.05, 0.1) is 26.0 Å². The molecule has 2 aliphatic rings. The molecule has 2 N–H and O–H groups in total. The Labute approximate surface area is 235 Å². The molecule has 2 atom stereocenters. The normalized spacial score (nSPS) is 18.6. The quantitative estimate of drug-likeness (QED) is 0.453. The molecule has 1 saturated heterocycles. The summed E-state index contributed by atoms with van der Waals surface area (Å²) in [7, 11) is 2.98. The highest BCUT2D eigenvalue weighted by molar-refractivity contribution is 5.93. The van der Waals surface area contributed by atoms with Gasteiger partial charge in [-0.3, -0.25) is 9.78 Å². The molecule has 14 heteroatoms. The molecule has 212 valence electrons. The number of nitrogens with zero attached hydrogens (tertiary/aromatic N) is 4. The molecule has 2 aromatic heterocycles. The second-order valence-electron chi connectivity index (χ2n) is 8.94. The van der Waals surface area contributed by atoms with Crippen molar-refractivity contribution in [1.82, 2.24) is 25.0 Å². The molecule has 0 bridgehead atoms. The van der Waals surface area contributed by atoms with Crippen LogP contribution in [0.15, 0.2) is 42.6 Å². The monoisotopic (exact) mass is 588 g/mol. The first-order valence-electron chi connectivity index (χ1n) is 11.9. The van der Waals surface area contributed by atoms with Crippen molar-refractivity contribution >= 4 is 36.5 Å². The number of benzene rings is 1. The van der Waals surface area contributed by atoms with Crippen molar-refractivity contribution in [3.05, 3.63) is 53.9 Å². The molecule has 1 amide bonds. The number of alkyl halides is 3. The number of rotatable bonds is 5. The summed E-state index contributed by atoms with van der Waals surface area (Å²) >= 11 is 0. The van der Waals surface area contributed by atoms with Crippen LogP contribution in [0.3, 0.4) is 0 Å². The van der Waals surface area contributed by atoms with Gasteiger partial charge in [0.2, 0.25) is 0 Å². The highest BCUT2D eigenvalue weighted by Crippen LogP contribution is 2.45. The number of halogens is 5. The number of anilines is 1. The van der Waals surface area contributed by atoms with Crippen molar-refractivity contribution in [3.63, 3.8) is 0 Å². The number of nitrogens with one attached hydrogen (secondary N) is 2. The van der Waals surface area contributed by atoms with E-state index in [0.717, 1.165) is 4.68 Å². The topological polar surface area (TPSA) is 93.5 Å². The summed E-state index contributed by atoms with van der Waals surface area (Å²) in [6.07, 6.45) is -3.29. The number of piperazine rings is 1. The standard InChI is InChI=1S/C25H27F3N6O3.2ClH/c1-36-20-4-3-15(12-21(20)37-2)17-13-22(25(26,27)28)34-23(31-17)14-18(32-34)16-5-6-30-19(11-16)24(35)33-9-7-29-8-10-33;;/h3-6,11-12,14,17,22,29,31H,7-10,13H2,1-2H3;2*1H. The number of fused-ring (bicyclic) bond motifs is 1. The van der Waals surface area contributed by atoms with Crippen LogP contribution < -0.4 is 20.1 Å². The number of pyridine rings is 1. The minimum atomic E-state index is -4.52. The van der Waals surface area contributed by atoms with Crippen LogP contribution >= 0.6 is 24.8 Å². The summed E-state index contributed by atoms with van der Waals surface area (Å²) in [4.78, 5) is 18.8. The maximum Gasteiger partial charge on any atom is 0.410 e. The third kappa shape index (κ3) is 6.18. The van der Waals surface area contributed by atoms with E-state index in [0.29, 0.717) is 54.5 Å². The summed E-state index contributed by atoms with van der Waals surface area (Å²) in [5.41, 5.74) is 1.70. The van der Waals surface area contributed by atoms with E-state index in [1.54, 1.807) is 41.3 Å². The minimum Gasteiger partial charge on any atom is -0.493 e. The van der Waals surface area contributed by atoms with Gasteiger partial charge in [-0.2, -0.15) is 18.3 Å². The summed E-state index contributed by atoms with van der Waals surface area (Å²) in [5, 5.41) is 10.7. The Morgan fingerprint density at radius 3 is 2.41 bits per heavy atom. The van der Waals surface area contributed by atoms with Crippen LogP contribution in [0.5, 0.6) is 11.5 Å². The van der Waals surface area contributed by atoms with E-state index in [-0.39, 0.29) is 48.7 Å². The van der Waals surface area contributed by atoms with Gasteiger partial charge in [0.25, 0.3) is 5.91 Å². The highest BCUT2D eigenvalue weighted by Gasteiger charge is 2.46. The molecule has 5 rings (SSSR count). The number of aromatic nitrogens is 3. The van der Waals surface area contributed by atoms with Crippen LogP contribution in [0.4, 0.5) is 19.0 Å². The molecule has 0 spiro atoms. The first kappa shape index (κ1) is 30.3. The van der Waals surface area contributed by atoms with E-state index in [4.69, 9.17) is 9.47 Å². The molecular formula is C25H29Cl2F3N6O3. The molecule has 3 aromatic rings. The number of amides is 1. The predicted octanol–water partition coefficient (Wildman–Crippen LogP) is 4.51. The van der Waals surface area contributed by atoms with Crippen molar-refractivity contribution < 1.29 is 27.4 Å². The minimum absolute atomic E-state index is 0. The molecule has 0 radical (unpaired) electrons. The Bertz CT molecular complexity index is 1300. The number of hydrogen-bond acceptors (Lipinski definition) is 7. The van der Waals surface area contributed by atoms with E-state index in [9.17, 15) is 18.0 Å². The third-order valence-electron chi connectivity index (χ3n) is 6.68. The average Bonchev–Trinajstić information content (AvgIpc) is 3.36. The average molecular weight is 589 g/mol. The molecule has 9 nitrogen and oxygen atoms in total. The van der Waals surface area contributed by atoms with E-state index < -0.39 is 18.3 Å². The van der Waals surface area contributed by atoms with Gasteiger partial charge in [0, 0.05) is 50.4 Å². The van der Waals surface area contributed by atoms with Gasteiger partial charge in [0.15, 0.2) is 17.5 Å². The molecule has 2 aliphatic heterocycles. The van der Waals surface area contributed by atoms with Crippen molar-refractivity contribution in [2.24, 2.45) is 0 Å². The SMILES string of the molecule is COc1ccc(C2CC(C(F)(F)F)n3nc(-c4ccnc(C(=O)N5CCNCC5)c4)cc3N2)cc1OC.Cl.Cl. The zero-order chi connectivity index (χ0) is 26.2. The lowest BCUT2D eigenvalue weighted by Gasteiger charge is -2.33. The second kappa shape index (κ2) is 12.3. The number of carbonyl (C=O) groups excluding carboxylic acids is 1. The summed E-state index contributed by atoms with van der Waals surface area (Å²) < 4.78 is 54.1. The fourth-order valence-corrected chi connectivity index (χ4v) is 4.74. The van der Waals surface area contributed by atoms with Crippen LogP contribution in [-0.2, 0) is 0 Å². The Hall–Kier alpha value is -3.22. The smallest absolute Gasteiger partial charge is 0.410 e. The third-order valence-corrected chi connectivity index (χ3v) is 6.68. The zero-order valence-electron chi connectivity index (χ0n) is 21.2. The highest BCUT2D eigenvalue weighted by atomic mass is 35.5. The molecule has 1 fully saturated rings. The summed E-state index contributed by atoms with van der Waals surface area (Å²) in [6.45, 7) is 2.53. The van der Waals surface area contributed by atoms with Crippen molar-refractivity contribution in [2.75, 3.05) is 45.7 Å². The van der Waals surface area contributed by atoms with Crippen molar-refractivity contribution in [1.29, 1.82) is 0 Å². The van der Waals surface area contributed by atoms with Crippen LogP contribution in [0, 0.1) is 0 Å². The zero-order valence-corrected chi connectivity index (χ0v) is 22.8. The molecule has 4 heterocycles. The lowest BCUT2D eigenvalue weighted by atomic mass is 9.96. The van der Waals surface area contributed by atoms with Gasteiger partial charge >= 0.3 is 6.18 Å². The van der Waals surface area contributed by atoms with Crippen LogP contribution in [0.25, 0.3) is 11.3 Å². The second-order valence-corrected chi connectivity index (χ2v) is 8.94. The first-order chi connectivity index (χ1) is 17.8. The molecule has 0 saturated carbocycles. The largest absolute Gasteiger partial charge is 0.493 e. The van der Waals surface area contributed by atoms with Crippen molar-refractivity contribution in [2.45, 2.75) is 24.7 Å². The van der Waals surface area contributed by atoms with Gasteiger partial charge in [0.1, 0.15) is 11.5 Å². The summed E-state index contributed by atoms with van der Waals surface area (Å²) in [6, 6.07) is 7.38. The number of methoxy groups -OCH3 is 2. The van der Waals surface area contributed by atoms with E-state index in [1.807, 2.05) is 0 Å². The summed E-state index contributed by atoms with van der Waals surface area (Å²) in [5.74, 6) is 0.941. The fraction of sp³-hybridized carbons (Fsp3) is 0.400. The maximum atomic E-state index is 14.2. The van der Waals surface area contributed by atoms with Gasteiger partial charge in [-0.15, -0.1) is 24.8 Å². The number of ether oxygens (including phenoxy) is 2. The molecule has 0 aliphatic carbocycles. The van der Waals surface area contributed by atoms with E-state index >= 15 is 0 Å².